The number of phenolic OH excluding ortho intramolecular Hbond substituents is 1. The molecule has 0 heterocycles. The van der Waals surface area contributed by atoms with Gasteiger partial charge in [-0.3, -0.25) is 0 Å². The monoisotopic (exact) mass is 700 g/mol. The molecule has 0 bridgehead atoms. The fraction of sp³-hybridized carbons (Fsp3) is 0.458. The summed E-state index contributed by atoms with van der Waals surface area (Å²) in [5.41, 5.74) is 7.49. The molecule has 4 heteroatoms. The van der Waals surface area contributed by atoms with Crippen molar-refractivity contribution in [1.29, 1.82) is 0 Å². The Hall–Kier alpha value is -4.18. The highest BCUT2D eigenvalue weighted by Gasteiger charge is 2.33. The predicted octanol–water partition coefficient (Wildman–Crippen LogP) is 13.5. The SMILES string of the molecule is CCCCCOc1ccc(C(C2CC=CC(Nc3ccc(NC4=CCC(CC(c5ccc(O)cc5)C(C)(C)C)CC=C4)cc3)=CC2)C(C)(C)C)cc1. The molecule has 0 fully saturated rings. The molecule has 0 aliphatic heterocycles. The van der Waals surface area contributed by atoms with Crippen molar-refractivity contribution in [3.8, 4) is 11.5 Å². The zero-order valence-corrected chi connectivity index (χ0v) is 32.9. The summed E-state index contributed by atoms with van der Waals surface area (Å²) in [5.74, 6) is 3.26. The molecule has 3 aromatic carbocycles. The van der Waals surface area contributed by atoms with Crippen LogP contribution in [-0.4, -0.2) is 11.7 Å². The van der Waals surface area contributed by atoms with Crippen LogP contribution in [0.25, 0.3) is 0 Å². The van der Waals surface area contributed by atoms with Crippen LogP contribution in [0.1, 0.15) is 123 Å². The van der Waals surface area contributed by atoms with E-state index in [2.05, 4.69) is 156 Å². The summed E-state index contributed by atoms with van der Waals surface area (Å²) < 4.78 is 6.01. The lowest BCUT2D eigenvalue weighted by molar-refractivity contribution is 0.235. The first kappa shape index (κ1) is 39.0. The van der Waals surface area contributed by atoms with Gasteiger partial charge in [-0.05, 0) is 145 Å². The van der Waals surface area contributed by atoms with Crippen LogP contribution in [0, 0.1) is 22.7 Å². The summed E-state index contributed by atoms with van der Waals surface area (Å²) in [6, 6.07) is 25.4. The first-order valence-electron chi connectivity index (χ1n) is 19.8. The summed E-state index contributed by atoms with van der Waals surface area (Å²) in [7, 11) is 0. The van der Waals surface area contributed by atoms with E-state index in [0.717, 1.165) is 73.7 Å². The molecular formula is C48H64N2O2. The lowest BCUT2D eigenvalue weighted by atomic mass is 9.67. The van der Waals surface area contributed by atoms with E-state index in [1.54, 1.807) is 0 Å². The molecule has 4 unspecified atom stereocenters. The zero-order chi connectivity index (χ0) is 37.1. The van der Waals surface area contributed by atoms with Gasteiger partial charge in [0.1, 0.15) is 11.5 Å². The minimum atomic E-state index is 0.141. The molecule has 0 radical (unpaired) electrons. The summed E-state index contributed by atoms with van der Waals surface area (Å²) in [5, 5.41) is 17.2. The van der Waals surface area contributed by atoms with Crippen LogP contribution >= 0.6 is 0 Å². The maximum absolute atomic E-state index is 9.83. The Labute approximate surface area is 315 Å². The Kier molecular flexibility index (Phi) is 13.5. The standard InChI is InChI=1S/C48H64N2O2/c1-8-9-10-33-52-44-31-21-38(22-32-44)46(48(5,6)7)37-14-12-16-40(24-18-37)50-42-27-25-41(26-28-42)49-39-15-11-13-35(17-23-39)34-45(47(2,3)4)36-19-29-43(51)30-20-36/h11-12,15-16,19-32,35,37,45-46,49-51H,8-10,13-14,17-18,33-34H2,1-7H3. The molecule has 4 atom stereocenters. The van der Waals surface area contributed by atoms with E-state index < -0.39 is 0 Å². The molecule has 278 valence electrons. The van der Waals surface area contributed by atoms with E-state index in [0.29, 0.717) is 29.4 Å². The average Bonchev–Trinajstić information content (AvgIpc) is 3.47. The molecule has 0 saturated heterocycles. The summed E-state index contributed by atoms with van der Waals surface area (Å²) in [4.78, 5) is 0. The third-order valence-electron chi connectivity index (χ3n) is 10.8. The lowest BCUT2D eigenvalue weighted by Crippen LogP contribution is -2.26. The molecule has 0 amide bonds. The number of benzene rings is 3. The van der Waals surface area contributed by atoms with E-state index in [1.807, 2.05) is 12.1 Å². The second-order valence-electron chi connectivity index (χ2n) is 17.2. The van der Waals surface area contributed by atoms with Gasteiger partial charge in [0.2, 0.25) is 0 Å². The molecule has 0 aromatic heterocycles. The highest BCUT2D eigenvalue weighted by atomic mass is 16.5. The minimum Gasteiger partial charge on any atom is -0.508 e. The van der Waals surface area contributed by atoms with Crippen molar-refractivity contribution >= 4 is 11.4 Å². The van der Waals surface area contributed by atoms with Crippen LogP contribution in [0.2, 0.25) is 0 Å². The summed E-state index contributed by atoms with van der Waals surface area (Å²) in [6.45, 7) is 17.1. The van der Waals surface area contributed by atoms with Gasteiger partial charge in [0.15, 0.2) is 0 Å². The van der Waals surface area contributed by atoms with Crippen molar-refractivity contribution < 1.29 is 9.84 Å². The molecular weight excluding hydrogens is 637 g/mol. The number of anilines is 2. The molecule has 3 N–H and O–H groups in total. The fourth-order valence-electron chi connectivity index (χ4n) is 8.10. The second kappa shape index (κ2) is 18.0. The number of aromatic hydroxyl groups is 1. The third kappa shape index (κ3) is 11.4. The largest absolute Gasteiger partial charge is 0.508 e. The maximum Gasteiger partial charge on any atom is 0.119 e. The number of hydrogen-bond donors (Lipinski definition) is 3. The normalized spacial score (nSPS) is 19.1. The lowest BCUT2D eigenvalue weighted by Gasteiger charge is -2.37. The van der Waals surface area contributed by atoms with Gasteiger partial charge < -0.3 is 20.5 Å². The van der Waals surface area contributed by atoms with Gasteiger partial charge >= 0.3 is 0 Å². The first-order chi connectivity index (χ1) is 24.9. The van der Waals surface area contributed by atoms with Crippen molar-refractivity contribution in [3.63, 3.8) is 0 Å². The van der Waals surface area contributed by atoms with Gasteiger partial charge in [-0.25, -0.2) is 0 Å². The van der Waals surface area contributed by atoms with E-state index >= 15 is 0 Å². The van der Waals surface area contributed by atoms with Crippen molar-refractivity contribution in [3.05, 3.63) is 132 Å². The molecule has 5 rings (SSSR count). The molecule has 52 heavy (non-hydrogen) atoms. The number of nitrogens with one attached hydrogen (secondary N) is 2. The van der Waals surface area contributed by atoms with Gasteiger partial charge in [-0.15, -0.1) is 0 Å². The Balaban J connectivity index is 1.16. The quantitative estimate of drug-likeness (QED) is 0.147. The Morgan fingerprint density at radius 1 is 0.673 bits per heavy atom. The fourth-order valence-corrected chi connectivity index (χ4v) is 8.10. The van der Waals surface area contributed by atoms with Crippen molar-refractivity contribution in [2.75, 3.05) is 17.2 Å². The van der Waals surface area contributed by atoms with E-state index in [1.165, 1.54) is 24.0 Å². The number of phenols is 1. The van der Waals surface area contributed by atoms with Crippen LogP contribution in [0.3, 0.4) is 0 Å². The molecule has 0 saturated carbocycles. The Morgan fingerprint density at radius 2 is 1.25 bits per heavy atom. The van der Waals surface area contributed by atoms with Crippen LogP contribution in [0.4, 0.5) is 11.4 Å². The molecule has 2 aliphatic rings. The molecule has 3 aromatic rings. The van der Waals surface area contributed by atoms with E-state index in [4.69, 9.17) is 4.74 Å². The number of allylic oxidation sites excluding steroid dienone is 6. The number of rotatable bonds is 14. The van der Waals surface area contributed by atoms with Crippen molar-refractivity contribution in [2.24, 2.45) is 22.7 Å². The highest BCUT2D eigenvalue weighted by Crippen LogP contribution is 2.45. The van der Waals surface area contributed by atoms with Crippen LogP contribution in [-0.2, 0) is 0 Å². The second-order valence-corrected chi connectivity index (χ2v) is 17.2. The molecule has 0 spiro atoms. The summed E-state index contributed by atoms with van der Waals surface area (Å²) in [6.07, 6.45) is 22.7. The van der Waals surface area contributed by atoms with Crippen LogP contribution < -0.4 is 15.4 Å². The molecule has 4 nitrogen and oxygen atoms in total. The van der Waals surface area contributed by atoms with E-state index in [9.17, 15) is 5.11 Å². The van der Waals surface area contributed by atoms with Gasteiger partial charge in [0, 0.05) is 22.8 Å². The highest BCUT2D eigenvalue weighted by molar-refractivity contribution is 5.59. The van der Waals surface area contributed by atoms with Crippen molar-refractivity contribution in [1.82, 2.24) is 0 Å². The average molecular weight is 701 g/mol. The van der Waals surface area contributed by atoms with Gasteiger partial charge in [0.25, 0.3) is 0 Å². The molecule has 2 aliphatic carbocycles. The smallest absolute Gasteiger partial charge is 0.119 e. The number of ether oxygens (including phenoxy) is 1. The third-order valence-corrected chi connectivity index (χ3v) is 10.8. The zero-order valence-electron chi connectivity index (χ0n) is 32.9. The van der Waals surface area contributed by atoms with Gasteiger partial charge in [0.05, 0.1) is 6.61 Å². The first-order valence-corrected chi connectivity index (χ1v) is 19.8. The van der Waals surface area contributed by atoms with Crippen LogP contribution in [0.5, 0.6) is 11.5 Å². The predicted molar refractivity (Wildman–Crippen MR) is 222 cm³/mol. The van der Waals surface area contributed by atoms with Crippen LogP contribution in [0.15, 0.2) is 121 Å². The number of unbranched alkanes of at least 4 members (excludes halogenated alkanes) is 2. The van der Waals surface area contributed by atoms with E-state index in [-0.39, 0.29) is 10.8 Å². The van der Waals surface area contributed by atoms with Gasteiger partial charge in [-0.1, -0.05) is 110 Å². The Bertz CT molecular complexity index is 1660. The number of hydrogen-bond acceptors (Lipinski definition) is 4. The topological polar surface area (TPSA) is 53.5 Å². The van der Waals surface area contributed by atoms with Crippen molar-refractivity contribution in [2.45, 2.75) is 112 Å². The summed E-state index contributed by atoms with van der Waals surface area (Å²) >= 11 is 0. The Morgan fingerprint density at radius 3 is 1.83 bits per heavy atom. The van der Waals surface area contributed by atoms with Gasteiger partial charge in [-0.2, -0.15) is 0 Å². The minimum absolute atomic E-state index is 0.141. The maximum atomic E-state index is 9.83.